The van der Waals surface area contributed by atoms with E-state index < -0.39 is 0 Å². The quantitative estimate of drug-likeness (QED) is 0.345. The van der Waals surface area contributed by atoms with Crippen molar-refractivity contribution in [3.8, 4) is 5.75 Å². The number of nitrogens with one attached hydrogen (secondary N) is 1. The van der Waals surface area contributed by atoms with Crippen LogP contribution in [0.4, 0.5) is 5.69 Å². The summed E-state index contributed by atoms with van der Waals surface area (Å²) in [6, 6.07) is 17.1. The molecule has 0 bridgehead atoms. The second-order valence-corrected chi connectivity index (χ2v) is 9.49. The maximum Gasteiger partial charge on any atom is 0.271 e. The van der Waals surface area contributed by atoms with Crippen molar-refractivity contribution in [1.29, 1.82) is 5.41 Å². The van der Waals surface area contributed by atoms with Crippen LogP contribution < -0.4 is 9.64 Å². The van der Waals surface area contributed by atoms with Crippen LogP contribution in [0.2, 0.25) is 20.1 Å². The Hall–Kier alpha value is -2.15. The lowest BCUT2D eigenvalue weighted by atomic mass is 10.1. The summed E-state index contributed by atoms with van der Waals surface area (Å²) in [5.74, 6) is 0.215. The first-order chi connectivity index (χ1) is 15.3. The molecule has 3 aromatic rings. The minimum Gasteiger partial charge on any atom is -0.488 e. The van der Waals surface area contributed by atoms with Gasteiger partial charge >= 0.3 is 0 Å². The lowest BCUT2D eigenvalue weighted by molar-refractivity contribution is -0.113. The molecule has 1 heterocycles. The molecule has 0 radical (unpaired) electrons. The Morgan fingerprint density at radius 3 is 2.28 bits per heavy atom. The second-order valence-electron chi connectivity index (χ2n) is 6.74. The zero-order valence-corrected chi connectivity index (χ0v) is 20.1. The first-order valence-electron chi connectivity index (χ1n) is 9.26. The molecule has 9 heteroatoms. The van der Waals surface area contributed by atoms with Gasteiger partial charge in [0, 0.05) is 31.2 Å². The largest absolute Gasteiger partial charge is 0.488 e. The maximum absolute atomic E-state index is 13.0. The second kappa shape index (κ2) is 9.77. The Morgan fingerprint density at radius 1 is 0.906 bits per heavy atom. The summed E-state index contributed by atoms with van der Waals surface area (Å²) in [5, 5.41) is 10.5. The maximum atomic E-state index is 13.0. The fraction of sp³-hybridized carbons (Fsp3) is 0.0435. The molecule has 1 N–H and O–H groups in total. The molecular weight excluding hydrogens is 510 g/mol. The summed E-state index contributed by atoms with van der Waals surface area (Å²) in [7, 11) is 0. The van der Waals surface area contributed by atoms with E-state index in [-0.39, 0.29) is 17.7 Å². The number of thioether (sulfide) groups is 1. The van der Waals surface area contributed by atoms with Gasteiger partial charge in [-0.3, -0.25) is 15.1 Å². The lowest BCUT2D eigenvalue weighted by Crippen LogP contribution is -2.27. The number of halogens is 4. The van der Waals surface area contributed by atoms with Gasteiger partial charge in [0.1, 0.15) is 12.4 Å². The number of hydrogen-bond acceptors (Lipinski definition) is 4. The third-order valence-electron chi connectivity index (χ3n) is 4.57. The fourth-order valence-electron chi connectivity index (χ4n) is 3.01. The van der Waals surface area contributed by atoms with Gasteiger partial charge in [-0.2, -0.15) is 0 Å². The van der Waals surface area contributed by atoms with Crippen molar-refractivity contribution in [2.24, 2.45) is 0 Å². The molecule has 162 valence electrons. The molecule has 0 aromatic heterocycles. The molecular formula is C23H14Cl4N2O2S. The summed E-state index contributed by atoms with van der Waals surface area (Å²) in [5.41, 5.74) is 1.95. The van der Waals surface area contributed by atoms with E-state index in [4.69, 9.17) is 56.5 Å². The van der Waals surface area contributed by atoms with Gasteiger partial charge in [-0.1, -0.05) is 52.5 Å². The van der Waals surface area contributed by atoms with Crippen LogP contribution in [0, 0.1) is 5.41 Å². The van der Waals surface area contributed by atoms with E-state index in [2.05, 4.69) is 0 Å². The lowest BCUT2D eigenvalue weighted by Gasteiger charge is -2.14. The van der Waals surface area contributed by atoms with Gasteiger partial charge in [0.2, 0.25) is 0 Å². The number of carbonyl (C=O) groups is 1. The Morgan fingerprint density at radius 2 is 1.56 bits per heavy atom. The van der Waals surface area contributed by atoms with Crippen LogP contribution >= 0.6 is 58.2 Å². The molecule has 1 fully saturated rings. The molecule has 3 aromatic carbocycles. The average molecular weight is 524 g/mol. The summed E-state index contributed by atoms with van der Waals surface area (Å²) in [6.45, 7) is 0.210. The van der Waals surface area contributed by atoms with Gasteiger partial charge in [0.05, 0.1) is 10.6 Å². The Labute approximate surface area is 209 Å². The van der Waals surface area contributed by atoms with Gasteiger partial charge in [-0.25, -0.2) is 0 Å². The highest BCUT2D eigenvalue weighted by atomic mass is 35.5. The van der Waals surface area contributed by atoms with Crippen LogP contribution in [-0.4, -0.2) is 11.1 Å². The van der Waals surface area contributed by atoms with Crippen molar-refractivity contribution >= 4 is 81.0 Å². The number of amides is 1. The van der Waals surface area contributed by atoms with Crippen molar-refractivity contribution in [3.05, 3.63) is 96.8 Å². The van der Waals surface area contributed by atoms with Crippen molar-refractivity contribution in [2.75, 3.05) is 4.90 Å². The molecule has 0 atom stereocenters. The molecule has 1 aliphatic rings. The van der Waals surface area contributed by atoms with Crippen molar-refractivity contribution < 1.29 is 9.53 Å². The van der Waals surface area contributed by atoms with Crippen LogP contribution in [0.3, 0.4) is 0 Å². The van der Waals surface area contributed by atoms with Crippen LogP contribution in [-0.2, 0) is 11.4 Å². The van der Waals surface area contributed by atoms with Gasteiger partial charge in [-0.05, 0) is 72.4 Å². The number of hydrogen-bond donors (Lipinski definition) is 1. The minimum atomic E-state index is -0.311. The monoisotopic (exact) mass is 522 g/mol. The summed E-state index contributed by atoms with van der Waals surface area (Å²) < 4.78 is 5.96. The van der Waals surface area contributed by atoms with E-state index in [0.717, 1.165) is 17.3 Å². The summed E-state index contributed by atoms with van der Waals surface area (Å²) in [4.78, 5) is 14.7. The third-order valence-corrected chi connectivity index (χ3v) is 6.53. The molecule has 1 amide bonds. The first kappa shape index (κ1) is 23.0. The third kappa shape index (κ3) is 5.08. The van der Waals surface area contributed by atoms with Crippen molar-refractivity contribution in [2.45, 2.75) is 6.61 Å². The highest BCUT2D eigenvalue weighted by Gasteiger charge is 2.33. The van der Waals surface area contributed by atoms with E-state index in [1.807, 2.05) is 0 Å². The van der Waals surface area contributed by atoms with Gasteiger partial charge in [0.25, 0.3) is 5.91 Å². The predicted molar refractivity (Wildman–Crippen MR) is 134 cm³/mol. The highest BCUT2D eigenvalue weighted by molar-refractivity contribution is 8.19. The van der Waals surface area contributed by atoms with Gasteiger partial charge < -0.3 is 4.74 Å². The molecule has 4 rings (SSSR count). The number of amidine groups is 1. The highest BCUT2D eigenvalue weighted by Crippen LogP contribution is 2.37. The van der Waals surface area contributed by atoms with E-state index in [1.165, 1.54) is 4.90 Å². The Bertz CT molecular complexity index is 1250. The number of benzene rings is 3. The number of anilines is 1. The topological polar surface area (TPSA) is 53.4 Å². The van der Waals surface area contributed by atoms with Gasteiger partial charge in [-0.15, -0.1) is 0 Å². The molecule has 0 spiro atoms. The van der Waals surface area contributed by atoms with Crippen LogP contribution in [0.15, 0.2) is 65.6 Å². The fourth-order valence-corrected chi connectivity index (χ4v) is 4.63. The summed E-state index contributed by atoms with van der Waals surface area (Å²) in [6.07, 6.45) is 1.67. The molecule has 0 aliphatic carbocycles. The standard InChI is InChI=1S/C23H14Cl4N2O2S/c24-15-3-6-18(7-4-15)29-22(30)21(32-23(29)28)10-14-9-16(25)5-8-20(14)31-12-13-1-2-17(26)11-19(13)27/h1-11,28H,12H2/b21-10-,28-23?. The predicted octanol–water partition coefficient (Wildman–Crippen LogP) is 7.93. The van der Waals surface area contributed by atoms with E-state index in [1.54, 1.807) is 66.7 Å². The Balaban J connectivity index is 1.60. The molecule has 0 saturated carbocycles. The number of rotatable bonds is 5. The van der Waals surface area contributed by atoms with E-state index in [9.17, 15) is 4.79 Å². The number of carbonyl (C=O) groups excluding carboxylic acids is 1. The molecule has 4 nitrogen and oxygen atoms in total. The smallest absolute Gasteiger partial charge is 0.271 e. The van der Waals surface area contributed by atoms with Crippen LogP contribution in [0.25, 0.3) is 6.08 Å². The average Bonchev–Trinajstić information content (AvgIpc) is 3.02. The summed E-state index contributed by atoms with van der Waals surface area (Å²) >= 11 is 25.4. The zero-order chi connectivity index (χ0) is 22.8. The number of nitrogens with zero attached hydrogens (tertiary/aromatic N) is 1. The van der Waals surface area contributed by atoms with Crippen LogP contribution in [0.5, 0.6) is 5.75 Å². The van der Waals surface area contributed by atoms with Crippen molar-refractivity contribution in [3.63, 3.8) is 0 Å². The first-order valence-corrected chi connectivity index (χ1v) is 11.6. The molecule has 1 saturated heterocycles. The van der Waals surface area contributed by atoms with Crippen molar-refractivity contribution in [1.82, 2.24) is 0 Å². The normalized spacial score (nSPS) is 15.0. The molecule has 1 aliphatic heterocycles. The molecule has 32 heavy (non-hydrogen) atoms. The Kier molecular flexibility index (Phi) is 7.03. The zero-order valence-electron chi connectivity index (χ0n) is 16.2. The van der Waals surface area contributed by atoms with Crippen LogP contribution in [0.1, 0.15) is 11.1 Å². The minimum absolute atomic E-state index is 0.0982. The molecule has 0 unspecified atom stereocenters. The van der Waals surface area contributed by atoms with Gasteiger partial charge in [0.15, 0.2) is 5.17 Å². The SMILES string of the molecule is N=C1S/C(=C\c2cc(Cl)ccc2OCc2ccc(Cl)cc2Cl)C(=O)N1c1ccc(Cl)cc1. The number of ether oxygens (including phenoxy) is 1. The van der Waals surface area contributed by atoms with E-state index >= 15 is 0 Å². The van der Waals surface area contributed by atoms with E-state index in [0.29, 0.717) is 42.0 Å².